The zero-order chi connectivity index (χ0) is 15.4. The SMILES string of the molecule is CC(=O)Nc1ccc(NC(=O)c2ccc(C)c(F)c2)cc1. The predicted molar refractivity (Wildman–Crippen MR) is 79.8 cm³/mol. The van der Waals surface area contributed by atoms with Crippen LogP contribution in [0, 0.1) is 12.7 Å². The second-order valence-electron chi connectivity index (χ2n) is 4.68. The third kappa shape index (κ3) is 3.89. The molecule has 2 rings (SSSR count). The van der Waals surface area contributed by atoms with Crippen LogP contribution in [0.15, 0.2) is 42.5 Å². The van der Waals surface area contributed by atoms with E-state index in [-0.39, 0.29) is 17.4 Å². The van der Waals surface area contributed by atoms with Gasteiger partial charge in [0, 0.05) is 23.9 Å². The second-order valence-corrected chi connectivity index (χ2v) is 4.68. The van der Waals surface area contributed by atoms with Crippen molar-refractivity contribution in [2.24, 2.45) is 0 Å². The Hall–Kier alpha value is -2.69. The molecule has 4 nitrogen and oxygen atoms in total. The summed E-state index contributed by atoms with van der Waals surface area (Å²) in [6.07, 6.45) is 0. The van der Waals surface area contributed by atoms with Crippen LogP contribution in [0.2, 0.25) is 0 Å². The van der Waals surface area contributed by atoms with Crippen molar-refractivity contribution >= 4 is 23.2 Å². The first-order valence-electron chi connectivity index (χ1n) is 6.41. The minimum Gasteiger partial charge on any atom is -0.326 e. The summed E-state index contributed by atoms with van der Waals surface area (Å²) < 4.78 is 13.4. The van der Waals surface area contributed by atoms with E-state index in [1.54, 1.807) is 43.3 Å². The molecule has 21 heavy (non-hydrogen) atoms. The van der Waals surface area contributed by atoms with Gasteiger partial charge in [0.15, 0.2) is 0 Å². The molecule has 108 valence electrons. The molecule has 5 heteroatoms. The Bertz CT molecular complexity index is 681. The molecule has 0 aliphatic carbocycles. The molecule has 0 aliphatic heterocycles. The summed E-state index contributed by atoms with van der Waals surface area (Å²) in [4.78, 5) is 22.9. The molecule has 0 saturated carbocycles. The zero-order valence-electron chi connectivity index (χ0n) is 11.7. The monoisotopic (exact) mass is 286 g/mol. The maximum Gasteiger partial charge on any atom is 0.255 e. The van der Waals surface area contributed by atoms with Crippen molar-refractivity contribution in [1.82, 2.24) is 0 Å². The smallest absolute Gasteiger partial charge is 0.255 e. The number of hydrogen-bond acceptors (Lipinski definition) is 2. The fourth-order valence-electron chi connectivity index (χ4n) is 1.78. The molecule has 0 atom stereocenters. The highest BCUT2D eigenvalue weighted by atomic mass is 19.1. The van der Waals surface area contributed by atoms with Crippen LogP contribution >= 0.6 is 0 Å². The summed E-state index contributed by atoms with van der Waals surface area (Å²) in [6, 6.07) is 11.0. The van der Waals surface area contributed by atoms with Gasteiger partial charge in [-0.1, -0.05) is 6.07 Å². The van der Waals surface area contributed by atoms with Crippen LogP contribution < -0.4 is 10.6 Å². The fourth-order valence-corrected chi connectivity index (χ4v) is 1.78. The fraction of sp³-hybridized carbons (Fsp3) is 0.125. The van der Waals surface area contributed by atoms with E-state index < -0.39 is 5.82 Å². The van der Waals surface area contributed by atoms with Gasteiger partial charge < -0.3 is 10.6 Å². The predicted octanol–water partition coefficient (Wildman–Crippen LogP) is 3.34. The number of carbonyl (C=O) groups is 2. The first-order valence-corrected chi connectivity index (χ1v) is 6.41. The van der Waals surface area contributed by atoms with Crippen LogP contribution in [-0.4, -0.2) is 11.8 Å². The number of nitrogens with one attached hydrogen (secondary N) is 2. The van der Waals surface area contributed by atoms with E-state index in [2.05, 4.69) is 10.6 Å². The van der Waals surface area contributed by atoms with Gasteiger partial charge in [0.1, 0.15) is 5.82 Å². The number of carbonyl (C=O) groups excluding carboxylic acids is 2. The van der Waals surface area contributed by atoms with Crippen molar-refractivity contribution in [2.45, 2.75) is 13.8 Å². The van der Waals surface area contributed by atoms with E-state index >= 15 is 0 Å². The van der Waals surface area contributed by atoms with Crippen LogP contribution in [0.25, 0.3) is 0 Å². The summed E-state index contributed by atoms with van der Waals surface area (Å²) >= 11 is 0. The molecule has 2 aromatic rings. The largest absolute Gasteiger partial charge is 0.326 e. The van der Waals surface area contributed by atoms with Gasteiger partial charge in [0.05, 0.1) is 0 Å². The Labute approximate surface area is 122 Å². The summed E-state index contributed by atoms with van der Waals surface area (Å²) in [7, 11) is 0. The number of rotatable bonds is 3. The highest BCUT2D eigenvalue weighted by molar-refractivity contribution is 6.04. The van der Waals surface area contributed by atoms with Crippen molar-refractivity contribution < 1.29 is 14.0 Å². The number of hydrogen-bond donors (Lipinski definition) is 2. The van der Waals surface area contributed by atoms with Gasteiger partial charge in [-0.15, -0.1) is 0 Å². The van der Waals surface area contributed by atoms with Crippen LogP contribution in [-0.2, 0) is 4.79 Å². The van der Waals surface area contributed by atoms with Crippen molar-refractivity contribution in [1.29, 1.82) is 0 Å². The van der Waals surface area contributed by atoms with E-state index in [4.69, 9.17) is 0 Å². The highest BCUT2D eigenvalue weighted by Gasteiger charge is 2.08. The van der Waals surface area contributed by atoms with Gasteiger partial charge in [0.2, 0.25) is 5.91 Å². The molecule has 2 aromatic carbocycles. The molecule has 0 radical (unpaired) electrons. The van der Waals surface area contributed by atoms with Gasteiger partial charge >= 0.3 is 0 Å². The maximum atomic E-state index is 13.4. The zero-order valence-corrected chi connectivity index (χ0v) is 11.7. The average Bonchev–Trinajstić information content (AvgIpc) is 2.43. The average molecular weight is 286 g/mol. The van der Waals surface area contributed by atoms with Gasteiger partial charge in [-0.05, 0) is 48.9 Å². The molecule has 0 fully saturated rings. The summed E-state index contributed by atoms with van der Waals surface area (Å²) in [5.74, 6) is -0.966. The summed E-state index contributed by atoms with van der Waals surface area (Å²) in [5, 5.41) is 5.30. The Kier molecular flexibility index (Phi) is 4.33. The molecule has 0 saturated heterocycles. The Morgan fingerprint density at radius 3 is 2.05 bits per heavy atom. The van der Waals surface area contributed by atoms with Gasteiger partial charge in [-0.2, -0.15) is 0 Å². The molecule has 0 heterocycles. The van der Waals surface area contributed by atoms with Gasteiger partial charge in [0.25, 0.3) is 5.91 Å². The Balaban J connectivity index is 2.08. The van der Waals surface area contributed by atoms with E-state index in [9.17, 15) is 14.0 Å². The molecule has 2 N–H and O–H groups in total. The minimum atomic E-state index is -0.413. The summed E-state index contributed by atoms with van der Waals surface area (Å²) in [5.41, 5.74) is 1.95. The minimum absolute atomic E-state index is 0.165. The molecule has 0 bridgehead atoms. The van der Waals surface area contributed by atoms with Crippen LogP contribution in [0.5, 0.6) is 0 Å². The number of aryl methyl sites for hydroxylation is 1. The quantitative estimate of drug-likeness (QED) is 0.909. The molecule has 0 spiro atoms. The van der Waals surface area contributed by atoms with Crippen molar-refractivity contribution in [3.8, 4) is 0 Å². The molecular weight excluding hydrogens is 271 g/mol. The van der Waals surface area contributed by atoms with Crippen molar-refractivity contribution in [3.05, 3.63) is 59.4 Å². The van der Waals surface area contributed by atoms with Crippen molar-refractivity contribution in [2.75, 3.05) is 10.6 Å². The van der Waals surface area contributed by atoms with Crippen molar-refractivity contribution in [3.63, 3.8) is 0 Å². The first-order chi connectivity index (χ1) is 9.95. The molecule has 0 aromatic heterocycles. The molecule has 0 unspecified atom stereocenters. The van der Waals surface area contributed by atoms with Crippen LogP contribution in [0.3, 0.4) is 0 Å². The van der Waals surface area contributed by atoms with E-state index in [0.29, 0.717) is 16.9 Å². The number of anilines is 2. The topological polar surface area (TPSA) is 58.2 Å². The molecule has 2 amide bonds. The molecular formula is C16H15FN2O2. The number of halogens is 1. The lowest BCUT2D eigenvalue weighted by Gasteiger charge is -2.07. The maximum absolute atomic E-state index is 13.4. The molecule has 0 aliphatic rings. The third-order valence-electron chi connectivity index (χ3n) is 2.90. The van der Waals surface area contributed by atoms with Gasteiger partial charge in [-0.3, -0.25) is 9.59 Å². The number of benzene rings is 2. The van der Waals surface area contributed by atoms with Gasteiger partial charge in [-0.25, -0.2) is 4.39 Å². The Morgan fingerprint density at radius 2 is 1.52 bits per heavy atom. The van der Waals surface area contributed by atoms with E-state index in [1.165, 1.54) is 13.0 Å². The van der Waals surface area contributed by atoms with E-state index in [1.807, 2.05) is 0 Å². The lowest BCUT2D eigenvalue weighted by Crippen LogP contribution is -2.12. The number of amides is 2. The lowest BCUT2D eigenvalue weighted by molar-refractivity contribution is -0.114. The first kappa shape index (κ1) is 14.7. The van der Waals surface area contributed by atoms with Crippen LogP contribution in [0.4, 0.5) is 15.8 Å². The second kappa shape index (κ2) is 6.17. The third-order valence-corrected chi connectivity index (χ3v) is 2.90. The lowest BCUT2D eigenvalue weighted by atomic mass is 10.1. The van der Waals surface area contributed by atoms with Crippen LogP contribution in [0.1, 0.15) is 22.8 Å². The summed E-state index contributed by atoms with van der Waals surface area (Å²) in [6.45, 7) is 3.05. The standard InChI is InChI=1S/C16H15FN2O2/c1-10-3-4-12(9-15(10)17)16(21)19-14-7-5-13(6-8-14)18-11(2)20/h3-9H,1-2H3,(H,18,20)(H,19,21). The van der Waals surface area contributed by atoms with E-state index in [0.717, 1.165) is 0 Å². The normalized spacial score (nSPS) is 10.0. The Morgan fingerprint density at radius 1 is 0.952 bits per heavy atom. The highest BCUT2D eigenvalue weighted by Crippen LogP contribution is 2.15.